The van der Waals surface area contributed by atoms with Crippen LogP contribution in [-0.4, -0.2) is 50.7 Å². The third kappa shape index (κ3) is 6.16. The summed E-state index contributed by atoms with van der Waals surface area (Å²) in [4.78, 5) is 14.7. The van der Waals surface area contributed by atoms with Crippen LogP contribution in [0.5, 0.6) is 0 Å². The Hall–Kier alpha value is -2.22. The second kappa shape index (κ2) is 9.64. The molecule has 27 heavy (non-hydrogen) atoms. The van der Waals surface area contributed by atoms with Crippen molar-refractivity contribution in [2.24, 2.45) is 0 Å². The van der Waals surface area contributed by atoms with E-state index in [0.717, 1.165) is 22.8 Å². The molecule has 0 heterocycles. The zero-order valence-corrected chi connectivity index (χ0v) is 16.9. The molecule has 7 heteroatoms. The summed E-state index contributed by atoms with van der Waals surface area (Å²) >= 11 is 0. The minimum atomic E-state index is -3.54. The number of hydrogen-bond donors (Lipinski definition) is 1. The molecule has 0 atom stereocenters. The summed E-state index contributed by atoms with van der Waals surface area (Å²) in [7, 11) is -0.578. The molecule has 0 aromatic heterocycles. The van der Waals surface area contributed by atoms with E-state index in [1.165, 1.54) is 26.2 Å². The summed E-state index contributed by atoms with van der Waals surface area (Å²) in [5.74, 6) is -0.168. The van der Waals surface area contributed by atoms with Crippen LogP contribution in [-0.2, 0) is 21.4 Å². The van der Waals surface area contributed by atoms with Crippen LogP contribution in [0.4, 0.5) is 5.69 Å². The third-order valence-electron chi connectivity index (χ3n) is 4.05. The molecule has 0 spiro atoms. The first-order valence-electron chi connectivity index (χ1n) is 8.91. The molecule has 0 aliphatic heterocycles. The molecule has 146 valence electrons. The Labute approximate surface area is 161 Å². The largest absolute Gasteiger partial charge is 0.325 e. The molecule has 0 radical (unpaired) electrons. The van der Waals surface area contributed by atoms with Gasteiger partial charge in [0, 0.05) is 26.3 Å². The fourth-order valence-corrected chi connectivity index (χ4v) is 3.67. The molecule has 0 aliphatic rings. The molecular formula is C20H27N3O3S. The number of rotatable bonds is 9. The second-order valence-electron chi connectivity index (χ2n) is 6.56. The predicted octanol–water partition coefficient (Wildman–Crippen LogP) is 2.79. The summed E-state index contributed by atoms with van der Waals surface area (Å²) in [5, 5.41) is 2.80. The van der Waals surface area contributed by atoms with Gasteiger partial charge in [-0.15, -0.1) is 0 Å². The molecule has 0 unspecified atom stereocenters. The van der Waals surface area contributed by atoms with Crippen LogP contribution in [0, 0.1) is 0 Å². The van der Waals surface area contributed by atoms with Crippen LogP contribution >= 0.6 is 0 Å². The second-order valence-corrected chi connectivity index (χ2v) is 8.71. The van der Waals surface area contributed by atoms with Crippen molar-refractivity contribution >= 4 is 21.6 Å². The predicted molar refractivity (Wildman–Crippen MR) is 108 cm³/mol. The van der Waals surface area contributed by atoms with Gasteiger partial charge in [-0.25, -0.2) is 12.7 Å². The Bertz CT molecular complexity index is 852. The Morgan fingerprint density at radius 2 is 1.74 bits per heavy atom. The van der Waals surface area contributed by atoms with Gasteiger partial charge in [0.15, 0.2) is 0 Å². The Morgan fingerprint density at radius 1 is 1.04 bits per heavy atom. The maximum Gasteiger partial charge on any atom is 0.242 e. The normalized spacial score (nSPS) is 11.7. The molecule has 2 aromatic rings. The van der Waals surface area contributed by atoms with E-state index in [-0.39, 0.29) is 17.3 Å². The van der Waals surface area contributed by atoms with Gasteiger partial charge in [0.1, 0.15) is 0 Å². The van der Waals surface area contributed by atoms with E-state index in [1.54, 1.807) is 12.1 Å². The SMILES string of the molecule is CCCN(CC(=O)Nc1cccc(S(=O)(=O)N(C)C)c1)Cc1ccccc1. The first-order chi connectivity index (χ1) is 12.8. The average Bonchev–Trinajstić information content (AvgIpc) is 2.62. The van der Waals surface area contributed by atoms with Gasteiger partial charge < -0.3 is 5.32 Å². The Balaban J connectivity index is 2.05. The van der Waals surface area contributed by atoms with E-state index in [9.17, 15) is 13.2 Å². The smallest absolute Gasteiger partial charge is 0.242 e. The van der Waals surface area contributed by atoms with Crippen LogP contribution in [0.3, 0.4) is 0 Å². The number of sulfonamides is 1. The highest BCUT2D eigenvalue weighted by atomic mass is 32.2. The van der Waals surface area contributed by atoms with E-state index >= 15 is 0 Å². The van der Waals surface area contributed by atoms with Gasteiger partial charge in [-0.05, 0) is 36.7 Å². The highest BCUT2D eigenvalue weighted by Crippen LogP contribution is 2.18. The van der Waals surface area contributed by atoms with Crippen molar-refractivity contribution < 1.29 is 13.2 Å². The van der Waals surface area contributed by atoms with Crippen LogP contribution in [0.25, 0.3) is 0 Å². The quantitative estimate of drug-likeness (QED) is 0.716. The maximum absolute atomic E-state index is 12.5. The van der Waals surface area contributed by atoms with Crippen molar-refractivity contribution in [1.29, 1.82) is 0 Å². The highest BCUT2D eigenvalue weighted by molar-refractivity contribution is 7.89. The van der Waals surface area contributed by atoms with Gasteiger partial charge in [0.05, 0.1) is 11.4 Å². The number of amides is 1. The number of hydrogen-bond acceptors (Lipinski definition) is 4. The number of carbonyl (C=O) groups excluding carboxylic acids is 1. The molecule has 2 aromatic carbocycles. The fraction of sp³-hybridized carbons (Fsp3) is 0.350. The number of nitrogens with one attached hydrogen (secondary N) is 1. The molecule has 0 fully saturated rings. The molecule has 1 amide bonds. The molecule has 0 saturated carbocycles. The lowest BCUT2D eigenvalue weighted by atomic mass is 10.2. The summed E-state index contributed by atoms with van der Waals surface area (Å²) in [6, 6.07) is 16.3. The average molecular weight is 390 g/mol. The highest BCUT2D eigenvalue weighted by Gasteiger charge is 2.18. The lowest BCUT2D eigenvalue weighted by Crippen LogP contribution is -2.33. The molecule has 0 aliphatic carbocycles. The minimum absolute atomic E-state index is 0.153. The molecular weight excluding hydrogens is 362 g/mol. The number of anilines is 1. The van der Waals surface area contributed by atoms with E-state index in [1.807, 2.05) is 30.3 Å². The molecule has 1 N–H and O–H groups in total. The first-order valence-corrected chi connectivity index (χ1v) is 10.4. The fourth-order valence-electron chi connectivity index (χ4n) is 2.72. The zero-order chi connectivity index (χ0) is 19.9. The van der Waals surface area contributed by atoms with Crippen LogP contribution in [0.15, 0.2) is 59.5 Å². The van der Waals surface area contributed by atoms with Gasteiger partial charge >= 0.3 is 0 Å². The van der Waals surface area contributed by atoms with Crippen molar-refractivity contribution in [3.8, 4) is 0 Å². The summed E-state index contributed by atoms with van der Waals surface area (Å²) in [5.41, 5.74) is 1.62. The summed E-state index contributed by atoms with van der Waals surface area (Å²) in [6.07, 6.45) is 0.941. The van der Waals surface area contributed by atoms with Gasteiger partial charge in [-0.1, -0.05) is 43.3 Å². The van der Waals surface area contributed by atoms with Crippen molar-refractivity contribution in [3.63, 3.8) is 0 Å². The summed E-state index contributed by atoms with van der Waals surface area (Å²) < 4.78 is 25.6. The third-order valence-corrected chi connectivity index (χ3v) is 5.86. The van der Waals surface area contributed by atoms with Crippen LogP contribution in [0.2, 0.25) is 0 Å². The van der Waals surface area contributed by atoms with Crippen LogP contribution in [0.1, 0.15) is 18.9 Å². The Kier molecular flexibility index (Phi) is 7.53. The van der Waals surface area contributed by atoms with E-state index in [2.05, 4.69) is 17.1 Å². The van der Waals surface area contributed by atoms with Crippen molar-refractivity contribution in [1.82, 2.24) is 9.21 Å². The van der Waals surface area contributed by atoms with E-state index < -0.39 is 10.0 Å². The maximum atomic E-state index is 12.5. The van der Waals surface area contributed by atoms with Crippen LogP contribution < -0.4 is 5.32 Å². The lowest BCUT2D eigenvalue weighted by Gasteiger charge is -2.21. The van der Waals surface area contributed by atoms with Gasteiger partial charge in [0.25, 0.3) is 0 Å². The molecule has 2 rings (SSSR count). The van der Waals surface area contributed by atoms with Gasteiger partial charge in [-0.3, -0.25) is 9.69 Å². The van der Waals surface area contributed by atoms with Gasteiger partial charge in [-0.2, -0.15) is 0 Å². The molecule has 0 saturated heterocycles. The zero-order valence-electron chi connectivity index (χ0n) is 16.1. The molecule has 6 nitrogen and oxygen atoms in total. The standard InChI is InChI=1S/C20H27N3O3S/c1-4-13-23(15-17-9-6-5-7-10-17)16-20(24)21-18-11-8-12-19(14-18)27(25,26)22(2)3/h5-12,14H,4,13,15-16H2,1-3H3,(H,21,24). The number of nitrogens with zero attached hydrogens (tertiary/aromatic N) is 2. The lowest BCUT2D eigenvalue weighted by molar-refractivity contribution is -0.117. The van der Waals surface area contributed by atoms with Crippen molar-refractivity contribution in [2.75, 3.05) is 32.5 Å². The van der Waals surface area contributed by atoms with Crippen molar-refractivity contribution in [2.45, 2.75) is 24.8 Å². The first kappa shape index (κ1) is 21.1. The topological polar surface area (TPSA) is 69.7 Å². The van der Waals surface area contributed by atoms with E-state index in [4.69, 9.17) is 0 Å². The molecule has 0 bridgehead atoms. The van der Waals surface area contributed by atoms with Gasteiger partial charge in [0.2, 0.25) is 15.9 Å². The number of benzene rings is 2. The Morgan fingerprint density at radius 3 is 2.37 bits per heavy atom. The monoisotopic (exact) mass is 389 g/mol. The van der Waals surface area contributed by atoms with E-state index in [0.29, 0.717) is 12.2 Å². The minimum Gasteiger partial charge on any atom is -0.325 e. The number of carbonyl (C=O) groups is 1. The van der Waals surface area contributed by atoms with Crippen molar-refractivity contribution in [3.05, 3.63) is 60.2 Å². The summed E-state index contributed by atoms with van der Waals surface area (Å²) in [6.45, 7) is 3.81.